The topological polar surface area (TPSA) is 30.3 Å². The second-order valence-corrected chi connectivity index (χ2v) is 6.98. The van der Waals surface area contributed by atoms with E-state index >= 15 is 0 Å². The number of rotatable bonds is 5. The van der Waals surface area contributed by atoms with E-state index in [1.807, 2.05) is 30.3 Å². The van der Waals surface area contributed by atoms with Gasteiger partial charge >= 0.3 is 0 Å². The quantitative estimate of drug-likeness (QED) is 0.555. The normalized spacial score (nSPS) is 15.7. The van der Waals surface area contributed by atoms with E-state index in [0.717, 1.165) is 37.3 Å². The molecule has 3 nitrogen and oxygen atoms in total. The average Bonchev–Trinajstić information content (AvgIpc) is 2.68. The third-order valence-corrected chi connectivity index (χ3v) is 5.10. The van der Waals surface area contributed by atoms with Gasteiger partial charge < -0.3 is 4.90 Å². The Hall–Kier alpha value is -2.28. The maximum absolute atomic E-state index is 9.50. The van der Waals surface area contributed by atoms with Gasteiger partial charge in [-0.25, -0.2) is 0 Å². The summed E-state index contributed by atoms with van der Waals surface area (Å²) in [4.78, 5) is 4.95. The van der Waals surface area contributed by atoms with Gasteiger partial charge in [-0.3, -0.25) is 4.90 Å². The van der Waals surface area contributed by atoms with E-state index in [2.05, 4.69) is 47.1 Å². The van der Waals surface area contributed by atoms with Gasteiger partial charge in [0, 0.05) is 42.5 Å². The zero-order chi connectivity index (χ0) is 18.4. The van der Waals surface area contributed by atoms with Gasteiger partial charge in [0.2, 0.25) is 0 Å². The summed E-state index contributed by atoms with van der Waals surface area (Å²) in [7, 11) is 0. The van der Waals surface area contributed by atoms with Crippen molar-refractivity contribution in [2.24, 2.45) is 0 Å². The summed E-state index contributed by atoms with van der Waals surface area (Å²) in [5.41, 5.74) is 3.61. The Kier molecular flexibility index (Phi) is 6.33. The highest BCUT2D eigenvalue weighted by molar-refractivity contribution is 6.32. The van der Waals surface area contributed by atoms with Crippen molar-refractivity contribution in [2.45, 2.75) is 13.3 Å². The van der Waals surface area contributed by atoms with Gasteiger partial charge in [0.25, 0.3) is 0 Å². The molecule has 1 aliphatic rings. The first kappa shape index (κ1) is 18.5. The maximum atomic E-state index is 9.50. The fourth-order valence-electron chi connectivity index (χ4n) is 3.34. The number of anilines is 1. The van der Waals surface area contributed by atoms with E-state index in [0.29, 0.717) is 10.6 Å². The van der Waals surface area contributed by atoms with Gasteiger partial charge in [-0.1, -0.05) is 48.9 Å². The zero-order valence-corrected chi connectivity index (χ0v) is 15.9. The minimum Gasteiger partial charge on any atom is -0.369 e. The Balaban J connectivity index is 1.72. The van der Waals surface area contributed by atoms with E-state index in [9.17, 15) is 5.26 Å². The standard InChI is InChI=1S/C22H24ClN3/c1-2-11-25-12-14-26(15-13-25)20-9-7-18(8-10-20)16-19(17-24)21-5-3-4-6-22(21)23/h3-10,16H,2,11-15H2,1H3/b19-16+. The monoisotopic (exact) mass is 365 g/mol. The van der Waals surface area contributed by atoms with Crippen LogP contribution in [-0.4, -0.2) is 37.6 Å². The van der Waals surface area contributed by atoms with Crippen LogP contribution in [0.3, 0.4) is 0 Å². The van der Waals surface area contributed by atoms with E-state index in [1.165, 1.54) is 18.7 Å². The van der Waals surface area contributed by atoms with Crippen LogP contribution in [0.25, 0.3) is 11.6 Å². The lowest BCUT2D eigenvalue weighted by atomic mass is 10.0. The molecule has 0 radical (unpaired) electrons. The van der Waals surface area contributed by atoms with Crippen LogP contribution in [0.1, 0.15) is 24.5 Å². The molecule has 0 bridgehead atoms. The SMILES string of the molecule is CCCN1CCN(c2ccc(/C=C(\C#N)c3ccccc3Cl)cc2)CC1. The lowest BCUT2D eigenvalue weighted by Gasteiger charge is -2.36. The first-order valence-electron chi connectivity index (χ1n) is 9.15. The molecule has 1 saturated heterocycles. The van der Waals surface area contributed by atoms with Gasteiger partial charge in [0.05, 0.1) is 11.6 Å². The van der Waals surface area contributed by atoms with Crippen LogP contribution >= 0.6 is 11.6 Å². The first-order valence-corrected chi connectivity index (χ1v) is 9.53. The fraction of sp³-hybridized carbons (Fsp3) is 0.318. The number of benzene rings is 2. The molecule has 1 aliphatic heterocycles. The summed E-state index contributed by atoms with van der Waals surface area (Å²) in [6.45, 7) is 7.81. The zero-order valence-electron chi connectivity index (χ0n) is 15.2. The van der Waals surface area contributed by atoms with Crippen LogP contribution in [0.4, 0.5) is 5.69 Å². The van der Waals surface area contributed by atoms with E-state index in [-0.39, 0.29) is 0 Å². The molecule has 0 unspecified atom stereocenters. The highest BCUT2D eigenvalue weighted by Crippen LogP contribution is 2.26. The van der Waals surface area contributed by atoms with Gasteiger partial charge in [0.15, 0.2) is 0 Å². The van der Waals surface area contributed by atoms with Crippen LogP contribution in [0.2, 0.25) is 5.02 Å². The van der Waals surface area contributed by atoms with E-state index in [1.54, 1.807) is 0 Å². The van der Waals surface area contributed by atoms with E-state index < -0.39 is 0 Å². The lowest BCUT2D eigenvalue weighted by molar-refractivity contribution is 0.258. The molecule has 2 aromatic rings. The second kappa shape index (κ2) is 8.89. The minimum atomic E-state index is 0.580. The molecule has 4 heteroatoms. The summed E-state index contributed by atoms with van der Waals surface area (Å²) in [6, 6.07) is 18.1. The molecule has 0 aromatic heterocycles. The molecule has 1 fully saturated rings. The molecule has 0 N–H and O–H groups in total. The number of allylic oxidation sites excluding steroid dienone is 1. The van der Waals surface area contributed by atoms with Crippen LogP contribution in [-0.2, 0) is 0 Å². The summed E-state index contributed by atoms with van der Waals surface area (Å²) in [5, 5.41) is 10.1. The molecule has 134 valence electrons. The summed E-state index contributed by atoms with van der Waals surface area (Å²) in [6.07, 6.45) is 3.11. The number of piperazine rings is 1. The van der Waals surface area contributed by atoms with Gasteiger partial charge in [-0.05, 0) is 42.8 Å². The van der Waals surface area contributed by atoms with Crippen molar-refractivity contribution in [1.29, 1.82) is 5.26 Å². The number of hydrogen-bond acceptors (Lipinski definition) is 3. The Bertz CT molecular complexity index is 797. The van der Waals surface area contributed by atoms with Gasteiger partial charge in [-0.15, -0.1) is 0 Å². The van der Waals surface area contributed by atoms with Crippen molar-refractivity contribution < 1.29 is 0 Å². The number of nitriles is 1. The van der Waals surface area contributed by atoms with Crippen molar-refractivity contribution in [3.8, 4) is 6.07 Å². The molecule has 0 saturated carbocycles. The van der Waals surface area contributed by atoms with Crippen LogP contribution < -0.4 is 4.90 Å². The van der Waals surface area contributed by atoms with Crippen molar-refractivity contribution in [3.05, 3.63) is 64.7 Å². The number of nitrogens with zero attached hydrogens (tertiary/aromatic N) is 3. The molecule has 2 aromatic carbocycles. The largest absolute Gasteiger partial charge is 0.369 e. The summed E-state index contributed by atoms with van der Waals surface area (Å²) in [5.74, 6) is 0. The Morgan fingerprint density at radius 1 is 1.08 bits per heavy atom. The molecule has 0 spiro atoms. The van der Waals surface area contributed by atoms with Crippen molar-refractivity contribution in [3.63, 3.8) is 0 Å². The van der Waals surface area contributed by atoms with Crippen molar-refractivity contribution in [1.82, 2.24) is 4.90 Å². The van der Waals surface area contributed by atoms with Crippen LogP contribution in [0, 0.1) is 11.3 Å². The number of hydrogen-bond donors (Lipinski definition) is 0. The van der Waals surface area contributed by atoms with Gasteiger partial charge in [0.1, 0.15) is 0 Å². The lowest BCUT2D eigenvalue weighted by Crippen LogP contribution is -2.46. The van der Waals surface area contributed by atoms with Crippen LogP contribution in [0.15, 0.2) is 48.5 Å². The van der Waals surface area contributed by atoms with Crippen molar-refractivity contribution in [2.75, 3.05) is 37.6 Å². The first-order chi connectivity index (χ1) is 12.7. The number of halogens is 1. The molecule has 0 amide bonds. The molecule has 1 heterocycles. The Morgan fingerprint density at radius 2 is 1.77 bits per heavy atom. The van der Waals surface area contributed by atoms with Gasteiger partial charge in [-0.2, -0.15) is 5.26 Å². The Morgan fingerprint density at radius 3 is 2.38 bits per heavy atom. The summed E-state index contributed by atoms with van der Waals surface area (Å²) < 4.78 is 0. The third-order valence-electron chi connectivity index (χ3n) is 4.77. The second-order valence-electron chi connectivity index (χ2n) is 6.57. The predicted octanol–water partition coefficient (Wildman–Crippen LogP) is 4.94. The molecule has 26 heavy (non-hydrogen) atoms. The third kappa shape index (κ3) is 4.46. The van der Waals surface area contributed by atoms with Crippen molar-refractivity contribution >= 4 is 28.9 Å². The minimum absolute atomic E-state index is 0.580. The average molecular weight is 366 g/mol. The fourth-order valence-corrected chi connectivity index (χ4v) is 3.58. The molecular formula is C22H24ClN3. The van der Waals surface area contributed by atoms with E-state index in [4.69, 9.17) is 11.6 Å². The summed E-state index contributed by atoms with van der Waals surface area (Å²) >= 11 is 6.22. The highest BCUT2D eigenvalue weighted by atomic mass is 35.5. The molecular weight excluding hydrogens is 342 g/mol. The smallest absolute Gasteiger partial charge is 0.0998 e. The molecule has 3 rings (SSSR count). The van der Waals surface area contributed by atoms with Crippen LogP contribution in [0.5, 0.6) is 0 Å². The Labute approximate surface area is 161 Å². The molecule has 0 aliphatic carbocycles. The maximum Gasteiger partial charge on any atom is 0.0998 e. The molecule has 0 atom stereocenters. The highest BCUT2D eigenvalue weighted by Gasteiger charge is 2.16. The predicted molar refractivity (Wildman–Crippen MR) is 110 cm³/mol.